The third kappa shape index (κ3) is 3.63. The molecule has 1 saturated carbocycles. The van der Waals surface area contributed by atoms with Gasteiger partial charge >= 0.3 is 0 Å². The number of hydrogen-bond donors (Lipinski definition) is 0. The highest BCUT2D eigenvalue weighted by Crippen LogP contribution is 2.37. The highest BCUT2D eigenvalue weighted by atomic mass is 28.4. The Morgan fingerprint density at radius 1 is 0.920 bits per heavy atom. The van der Waals surface area contributed by atoms with E-state index in [2.05, 4.69) is 81.4 Å². The molecule has 1 fully saturated rings. The molecule has 1 aliphatic carbocycles. The van der Waals surface area contributed by atoms with Crippen LogP contribution < -0.4 is 10.4 Å². The van der Waals surface area contributed by atoms with E-state index in [4.69, 9.17) is 4.43 Å². The second-order valence-corrected chi connectivity index (χ2v) is 12.4. The lowest BCUT2D eigenvalue weighted by Gasteiger charge is -2.43. The summed E-state index contributed by atoms with van der Waals surface area (Å²) in [5, 5.41) is 2.65. The van der Waals surface area contributed by atoms with Crippen molar-refractivity contribution < 1.29 is 9.22 Å². The molecule has 2 nitrogen and oxygen atoms in total. The normalized spacial score (nSPS) is 15.9. The van der Waals surface area contributed by atoms with E-state index in [1.54, 1.807) is 0 Å². The van der Waals surface area contributed by atoms with Gasteiger partial charge in [-0.2, -0.15) is 0 Å². The molecule has 0 unspecified atom stereocenters. The molecule has 2 aromatic carbocycles. The standard InChI is InChI=1S/C22H28O2Si/c1-22(2,3)25(20-10-6-4-7-11-20,21-12-8-5-9-13-21)24-15-14-18-16-19(23)17-18/h4-13,18H,14-17H2,1-3H3. The van der Waals surface area contributed by atoms with E-state index in [1.807, 2.05) is 0 Å². The maximum absolute atomic E-state index is 11.2. The molecule has 25 heavy (non-hydrogen) atoms. The van der Waals surface area contributed by atoms with E-state index < -0.39 is 8.32 Å². The van der Waals surface area contributed by atoms with Gasteiger partial charge in [-0.3, -0.25) is 4.79 Å². The molecule has 0 atom stereocenters. The lowest BCUT2D eigenvalue weighted by atomic mass is 9.82. The third-order valence-corrected chi connectivity index (χ3v) is 10.3. The molecule has 0 radical (unpaired) electrons. The Morgan fingerprint density at radius 3 is 1.80 bits per heavy atom. The van der Waals surface area contributed by atoms with Crippen molar-refractivity contribution in [3.8, 4) is 0 Å². The third-order valence-electron chi connectivity index (χ3n) is 5.29. The first-order valence-electron chi connectivity index (χ1n) is 9.20. The van der Waals surface area contributed by atoms with Crippen LogP contribution in [0.15, 0.2) is 60.7 Å². The quantitative estimate of drug-likeness (QED) is 0.736. The fourth-order valence-electron chi connectivity index (χ4n) is 3.93. The number of Topliss-reactive ketones (excluding diaryl/α,β-unsaturated/α-hetero) is 1. The average Bonchev–Trinajstić information content (AvgIpc) is 2.57. The summed E-state index contributed by atoms with van der Waals surface area (Å²) < 4.78 is 6.84. The summed E-state index contributed by atoms with van der Waals surface area (Å²) in [6.07, 6.45) is 2.46. The number of rotatable bonds is 6. The van der Waals surface area contributed by atoms with E-state index in [0.717, 1.165) is 25.9 Å². The number of carbonyl (C=O) groups excluding carboxylic acids is 1. The van der Waals surface area contributed by atoms with Crippen molar-refractivity contribution in [3.63, 3.8) is 0 Å². The SMILES string of the molecule is CC(C)(C)[Si](OCCC1CC(=O)C1)(c1ccccc1)c1ccccc1. The van der Waals surface area contributed by atoms with Crippen molar-refractivity contribution in [3.05, 3.63) is 60.7 Å². The van der Waals surface area contributed by atoms with Gasteiger partial charge in [-0.1, -0.05) is 81.4 Å². The summed E-state index contributed by atoms with van der Waals surface area (Å²) >= 11 is 0. The van der Waals surface area contributed by atoms with E-state index in [1.165, 1.54) is 10.4 Å². The highest BCUT2D eigenvalue weighted by Gasteiger charge is 2.50. The summed E-state index contributed by atoms with van der Waals surface area (Å²) in [5.74, 6) is 0.918. The predicted molar refractivity (Wildman–Crippen MR) is 106 cm³/mol. The Bertz CT molecular complexity index is 656. The first-order chi connectivity index (χ1) is 11.9. The summed E-state index contributed by atoms with van der Waals surface area (Å²) in [4.78, 5) is 11.2. The van der Waals surface area contributed by atoms with E-state index in [-0.39, 0.29) is 5.04 Å². The van der Waals surface area contributed by atoms with Crippen LogP contribution in [-0.2, 0) is 9.22 Å². The van der Waals surface area contributed by atoms with Gasteiger partial charge in [0.25, 0.3) is 8.32 Å². The van der Waals surface area contributed by atoms with Crippen molar-refractivity contribution in [2.24, 2.45) is 5.92 Å². The van der Waals surface area contributed by atoms with Gasteiger partial charge in [0, 0.05) is 19.4 Å². The van der Waals surface area contributed by atoms with Crippen LogP contribution in [0.2, 0.25) is 5.04 Å². The molecule has 0 saturated heterocycles. The van der Waals surface area contributed by atoms with Crippen molar-refractivity contribution in [1.82, 2.24) is 0 Å². The van der Waals surface area contributed by atoms with E-state index >= 15 is 0 Å². The fraction of sp³-hybridized carbons (Fsp3) is 0.409. The molecule has 0 spiro atoms. The van der Waals surface area contributed by atoms with Crippen molar-refractivity contribution >= 4 is 24.5 Å². The Balaban J connectivity index is 1.95. The van der Waals surface area contributed by atoms with Crippen LogP contribution in [0.1, 0.15) is 40.0 Å². The van der Waals surface area contributed by atoms with Gasteiger partial charge < -0.3 is 4.43 Å². The second-order valence-electron chi connectivity index (χ2n) is 8.11. The maximum Gasteiger partial charge on any atom is 0.261 e. The molecular weight excluding hydrogens is 324 g/mol. The summed E-state index contributed by atoms with van der Waals surface area (Å²) in [6, 6.07) is 21.5. The summed E-state index contributed by atoms with van der Waals surface area (Å²) in [7, 11) is -2.41. The van der Waals surface area contributed by atoms with Gasteiger partial charge in [-0.25, -0.2) is 0 Å². The van der Waals surface area contributed by atoms with Crippen LogP contribution in [-0.4, -0.2) is 20.7 Å². The molecule has 3 rings (SSSR count). The highest BCUT2D eigenvalue weighted by molar-refractivity contribution is 6.99. The predicted octanol–water partition coefficient (Wildman–Crippen LogP) is 3.93. The lowest BCUT2D eigenvalue weighted by Crippen LogP contribution is -2.66. The topological polar surface area (TPSA) is 26.3 Å². The molecule has 0 aromatic heterocycles. The number of ketones is 1. The molecule has 0 bridgehead atoms. The molecule has 2 aromatic rings. The smallest absolute Gasteiger partial charge is 0.261 e. The zero-order valence-corrected chi connectivity index (χ0v) is 16.5. The first kappa shape index (κ1) is 18.1. The average molecular weight is 353 g/mol. The minimum absolute atomic E-state index is 0.0190. The molecule has 3 heteroatoms. The fourth-order valence-corrected chi connectivity index (χ4v) is 8.51. The number of benzene rings is 2. The molecule has 132 valence electrons. The lowest BCUT2D eigenvalue weighted by molar-refractivity contribution is -0.127. The minimum atomic E-state index is -2.41. The Morgan fingerprint density at radius 2 is 1.40 bits per heavy atom. The summed E-state index contributed by atoms with van der Waals surface area (Å²) in [6.45, 7) is 7.62. The van der Waals surface area contributed by atoms with Gasteiger partial charge in [-0.15, -0.1) is 0 Å². The van der Waals surface area contributed by atoms with Crippen molar-refractivity contribution in [2.75, 3.05) is 6.61 Å². The van der Waals surface area contributed by atoms with Gasteiger partial charge in [-0.05, 0) is 27.8 Å². The van der Waals surface area contributed by atoms with Crippen LogP contribution in [0.4, 0.5) is 0 Å². The second kappa shape index (κ2) is 7.26. The molecular formula is C22H28O2Si. The van der Waals surface area contributed by atoms with Crippen LogP contribution in [0.5, 0.6) is 0 Å². The first-order valence-corrected chi connectivity index (χ1v) is 11.1. The molecule has 0 amide bonds. The monoisotopic (exact) mass is 352 g/mol. The molecule has 1 aliphatic rings. The molecule has 0 heterocycles. The Labute approximate surface area is 152 Å². The van der Waals surface area contributed by atoms with Crippen LogP contribution in [0.25, 0.3) is 0 Å². The Kier molecular flexibility index (Phi) is 5.26. The minimum Gasteiger partial charge on any atom is -0.407 e. The van der Waals surface area contributed by atoms with Gasteiger partial charge in [0.2, 0.25) is 0 Å². The van der Waals surface area contributed by atoms with Crippen LogP contribution in [0.3, 0.4) is 0 Å². The van der Waals surface area contributed by atoms with Crippen molar-refractivity contribution in [2.45, 2.75) is 45.1 Å². The van der Waals surface area contributed by atoms with Gasteiger partial charge in [0.1, 0.15) is 5.78 Å². The zero-order chi connectivity index (χ0) is 17.9. The Hall–Kier alpha value is -1.71. The zero-order valence-electron chi connectivity index (χ0n) is 15.5. The largest absolute Gasteiger partial charge is 0.407 e. The number of hydrogen-bond acceptors (Lipinski definition) is 2. The van der Waals surface area contributed by atoms with Crippen LogP contribution in [0, 0.1) is 5.92 Å². The molecule has 0 N–H and O–H groups in total. The van der Waals surface area contributed by atoms with Gasteiger partial charge in [0.15, 0.2) is 0 Å². The summed E-state index contributed by atoms with van der Waals surface area (Å²) in [5.41, 5.74) is 0. The van der Waals surface area contributed by atoms with E-state index in [9.17, 15) is 4.79 Å². The maximum atomic E-state index is 11.2. The van der Waals surface area contributed by atoms with Crippen molar-refractivity contribution in [1.29, 1.82) is 0 Å². The number of carbonyl (C=O) groups is 1. The van der Waals surface area contributed by atoms with Crippen LogP contribution >= 0.6 is 0 Å². The van der Waals surface area contributed by atoms with E-state index in [0.29, 0.717) is 11.7 Å². The van der Waals surface area contributed by atoms with Gasteiger partial charge in [0.05, 0.1) is 0 Å². The molecule has 0 aliphatic heterocycles.